The summed E-state index contributed by atoms with van der Waals surface area (Å²) in [6.45, 7) is 4.50. The third-order valence-corrected chi connectivity index (χ3v) is 5.43. The normalized spacial score (nSPS) is 11.1. The van der Waals surface area contributed by atoms with Crippen molar-refractivity contribution in [1.29, 1.82) is 0 Å². The number of hydrogen-bond acceptors (Lipinski definition) is 4. The van der Waals surface area contributed by atoms with Crippen LogP contribution in [0.4, 0.5) is 0 Å². The van der Waals surface area contributed by atoms with Crippen LogP contribution in [-0.2, 0) is 11.2 Å². The Morgan fingerprint density at radius 2 is 1.52 bits per heavy atom. The first-order valence-corrected chi connectivity index (χ1v) is 10.6. The first-order chi connectivity index (χ1) is 14.8. The fraction of sp³-hybridized carbons (Fsp3) is 0.440. The molecular weight excluding hydrogens is 394 g/mol. The van der Waals surface area contributed by atoms with Crippen molar-refractivity contribution < 1.29 is 24.2 Å². The van der Waals surface area contributed by atoms with Crippen LogP contribution in [0.2, 0.25) is 0 Å². The summed E-state index contributed by atoms with van der Waals surface area (Å²) < 4.78 is 10.6. The number of carbonyl (C=O) groups excluding carboxylic acids is 1. The number of methoxy groups -OCH3 is 2. The number of aryl methyl sites for hydroxylation is 1. The van der Waals surface area contributed by atoms with Gasteiger partial charge in [-0.1, -0.05) is 30.3 Å². The van der Waals surface area contributed by atoms with Gasteiger partial charge in [-0.2, -0.15) is 0 Å². The molecule has 0 saturated heterocycles. The van der Waals surface area contributed by atoms with Gasteiger partial charge < -0.3 is 19.5 Å². The Hall–Kier alpha value is -3.02. The molecule has 168 valence electrons. The molecule has 31 heavy (non-hydrogen) atoms. The zero-order valence-electron chi connectivity index (χ0n) is 18.9. The lowest BCUT2D eigenvalue weighted by atomic mass is 9.88. The minimum Gasteiger partial charge on any atom is -0.497 e. The summed E-state index contributed by atoms with van der Waals surface area (Å²) in [5.41, 5.74) is 0.899. The van der Waals surface area contributed by atoms with Crippen LogP contribution in [0.1, 0.15) is 49.0 Å². The molecule has 0 heterocycles. The number of carboxylic acid groups (broad SMARTS) is 1. The molecule has 0 fully saturated rings. The SMILES string of the molecule is COc1cc(OC)cc(C(=O)N(CCCc2ccccc2)CCCC(C)(C)C(=O)O)c1. The third-order valence-electron chi connectivity index (χ3n) is 5.43. The van der Waals surface area contributed by atoms with Crippen LogP contribution >= 0.6 is 0 Å². The van der Waals surface area contributed by atoms with Gasteiger partial charge in [-0.15, -0.1) is 0 Å². The lowest BCUT2D eigenvalue weighted by molar-refractivity contribution is -0.147. The Balaban J connectivity index is 2.13. The summed E-state index contributed by atoms with van der Waals surface area (Å²) in [7, 11) is 3.10. The van der Waals surface area contributed by atoms with Gasteiger partial charge in [0.2, 0.25) is 0 Å². The highest BCUT2D eigenvalue weighted by Gasteiger charge is 2.27. The van der Waals surface area contributed by atoms with Crippen molar-refractivity contribution in [3.05, 3.63) is 59.7 Å². The second-order valence-corrected chi connectivity index (χ2v) is 8.28. The molecule has 0 atom stereocenters. The Bertz CT molecular complexity index is 841. The molecule has 0 spiro atoms. The fourth-order valence-corrected chi connectivity index (χ4v) is 3.37. The molecule has 6 nitrogen and oxygen atoms in total. The molecule has 6 heteroatoms. The second kappa shape index (κ2) is 11.4. The van der Waals surface area contributed by atoms with E-state index in [-0.39, 0.29) is 5.91 Å². The highest BCUT2D eigenvalue weighted by atomic mass is 16.5. The zero-order valence-corrected chi connectivity index (χ0v) is 18.9. The predicted octanol–water partition coefficient (Wildman–Crippen LogP) is 4.67. The van der Waals surface area contributed by atoms with E-state index in [2.05, 4.69) is 12.1 Å². The number of rotatable bonds is 12. The van der Waals surface area contributed by atoms with E-state index in [4.69, 9.17) is 9.47 Å². The van der Waals surface area contributed by atoms with Gasteiger partial charge in [0, 0.05) is 24.7 Å². The molecule has 1 N–H and O–H groups in total. The smallest absolute Gasteiger partial charge is 0.309 e. The maximum atomic E-state index is 13.3. The van der Waals surface area contributed by atoms with E-state index in [0.29, 0.717) is 43.0 Å². The van der Waals surface area contributed by atoms with E-state index in [1.165, 1.54) is 5.56 Å². The molecule has 2 aromatic rings. The second-order valence-electron chi connectivity index (χ2n) is 8.28. The molecule has 0 aromatic heterocycles. The minimum atomic E-state index is -0.827. The van der Waals surface area contributed by atoms with Gasteiger partial charge in [0.05, 0.1) is 19.6 Å². The van der Waals surface area contributed by atoms with Crippen LogP contribution in [0.25, 0.3) is 0 Å². The molecule has 0 saturated carbocycles. The first kappa shape index (κ1) is 24.3. The Morgan fingerprint density at radius 3 is 2.06 bits per heavy atom. The van der Waals surface area contributed by atoms with Crippen LogP contribution in [0.5, 0.6) is 11.5 Å². The Morgan fingerprint density at radius 1 is 0.935 bits per heavy atom. The van der Waals surface area contributed by atoms with E-state index in [1.807, 2.05) is 18.2 Å². The maximum absolute atomic E-state index is 13.3. The molecule has 1 amide bonds. The first-order valence-electron chi connectivity index (χ1n) is 10.6. The van der Waals surface area contributed by atoms with Crippen LogP contribution in [-0.4, -0.2) is 49.2 Å². The average Bonchev–Trinajstić information content (AvgIpc) is 2.77. The van der Waals surface area contributed by atoms with Gasteiger partial charge in [0.25, 0.3) is 5.91 Å². The van der Waals surface area contributed by atoms with Crippen LogP contribution in [0.15, 0.2) is 48.5 Å². The highest BCUT2D eigenvalue weighted by Crippen LogP contribution is 2.25. The summed E-state index contributed by atoms with van der Waals surface area (Å²) in [6.07, 6.45) is 2.79. The van der Waals surface area contributed by atoms with Crippen LogP contribution in [0, 0.1) is 5.41 Å². The number of benzene rings is 2. The molecule has 0 aliphatic heterocycles. The average molecular weight is 428 g/mol. The molecular formula is C25H33NO5. The van der Waals surface area contributed by atoms with E-state index in [1.54, 1.807) is 51.2 Å². The molecule has 0 aliphatic carbocycles. The Labute approximate surface area is 184 Å². The summed E-state index contributed by atoms with van der Waals surface area (Å²) in [4.78, 5) is 26.5. The van der Waals surface area contributed by atoms with Crippen LogP contribution in [0.3, 0.4) is 0 Å². The lowest BCUT2D eigenvalue weighted by Crippen LogP contribution is -2.34. The minimum absolute atomic E-state index is 0.113. The predicted molar refractivity (Wildman–Crippen MR) is 121 cm³/mol. The number of carbonyl (C=O) groups is 2. The topological polar surface area (TPSA) is 76.1 Å². The summed E-state index contributed by atoms with van der Waals surface area (Å²) >= 11 is 0. The summed E-state index contributed by atoms with van der Waals surface area (Å²) in [5.74, 6) is 0.170. The fourth-order valence-electron chi connectivity index (χ4n) is 3.37. The van der Waals surface area contributed by atoms with Gasteiger partial charge >= 0.3 is 5.97 Å². The van der Waals surface area contributed by atoms with Crippen molar-refractivity contribution in [2.75, 3.05) is 27.3 Å². The number of ether oxygens (including phenoxy) is 2. The van der Waals surface area contributed by atoms with Crippen molar-refractivity contribution in [2.24, 2.45) is 5.41 Å². The lowest BCUT2D eigenvalue weighted by Gasteiger charge is -2.25. The van der Waals surface area contributed by atoms with Gasteiger partial charge in [0.1, 0.15) is 11.5 Å². The largest absolute Gasteiger partial charge is 0.497 e. The standard InChI is InChI=1S/C25H33NO5/c1-25(2,24(28)29)13-9-15-26(14-8-12-19-10-6-5-7-11-19)23(27)20-16-21(30-3)18-22(17-20)31-4/h5-7,10-11,16-18H,8-9,12-15H2,1-4H3,(H,28,29). The number of carboxylic acids is 1. The summed E-state index contributed by atoms with van der Waals surface area (Å²) in [5, 5.41) is 9.37. The zero-order chi connectivity index (χ0) is 22.9. The van der Waals surface area contributed by atoms with Crippen molar-refractivity contribution in [2.45, 2.75) is 39.5 Å². The van der Waals surface area contributed by atoms with Crippen molar-refractivity contribution >= 4 is 11.9 Å². The van der Waals surface area contributed by atoms with Crippen molar-refractivity contribution in [3.63, 3.8) is 0 Å². The third kappa shape index (κ3) is 7.31. The molecule has 0 unspecified atom stereocenters. The number of nitrogens with zero attached hydrogens (tertiary/aromatic N) is 1. The molecule has 2 rings (SSSR count). The van der Waals surface area contributed by atoms with Gasteiger partial charge in [-0.25, -0.2) is 0 Å². The monoisotopic (exact) mass is 427 g/mol. The van der Waals surface area contributed by atoms with Gasteiger partial charge in [0.15, 0.2) is 0 Å². The van der Waals surface area contributed by atoms with Gasteiger partial charge in [-0.05, 0) is 57.2 Å². The summed E-state index contributed by atoms with van der Waals surface area (Å²) in [6, 6.07) is 15.3. The van der Waals surface area contributed by atoms with Crippen LogP contribution < -0.4 is 9.47 Å². The van der Waals surface area contributed by atoms with Gasteiger partial charge in [-0.3, -0.25) is 9.59 Å². The number of aliphatic carboxylic acids is 1. The molecule has 0 radical (unpaired) electrons. The molecule has 0 bridgehead atoms. The maximum Gasteiger partial charge on any atom is 0.309 e. The number of hydrogen-bond donors (Lipinski definition) is 1. The molecule has 2 aromatic carbocycles. The Kier molecular flexibility index (Phi) is 8.91. The number of amides is 1. The van der Waals surface area contributed by atoms with Crippen molar-refractivity contribution in [3.8, 4) is 11.5 Å². The molecule has 0 aliphatic rings. The quantitative estimate of drug-likeness (QED) is 0.533. The van der Waals surface area contributed by atoms with E-state index >= 15 is 0 Å². The van der Waals surface area contributed by atoms with E-state index < -0.39 is 11.4 Å². The van der Waals surface area contributed by atoms with Crippen molar-refractivity contribution in [1.82, 2.24) is 4.90 Å². The highest BCUT2D eigenvalue weighted by molar-refractivity contribution is 5.95. The van der Waals surface area contributed by atoms with E-state index in [9.17, 15) is 14.7 Å². The van der Waals surface area contributed by atoms with E-state index in [0.717, 1.165) is 12.8 Å².